The van der Waals surface area contributed by atoms with Gasteiger partial charge in [-0.05, 0) is 56.8 Å². The molecule has 6 heteroatoms. The molecule has 0 aliphatic heterocycles. The van der Waals surface area contributed by atoms with Crippen molar-refractivity contribution < 1.29 is 0 Å². The van der Waals surface area contributed by atoms with Crippen LogP contribution in [0.15, 0.2) is 0 Å². The summed E-state index contributed by atoms with van der Waals surface area (Å²) >= 11 is 22.8. The summed E-state index contributed by atoms with van der Waals surface area (Å²) in [5.74, 6) is 0. The van der Waals surface area contributed by atoms with Crippen LogP contribution in [-0.4, -0.2) is 34.3 Å². The third kappa shape index (κ3) is 22.0. The Morgan fingerprint density at radius 2 is 0.857 bits per heavy atom. The van der Waals surface area contributed by atoms with Gasteiger partial charge in [0, 0.05) is 0 Å². The van der Waals surface area contributed by atoms with Gasteiger partial charge in [-0.25, -0.2) is 0 Å². The molecule has 0 N–H and O–H groups in total. The lowest BCUT2D eigenvalue weighted by atomic mass is 10.2. The number of hydrogen-bond donors (Lipinski definition) is 0. The maximum absolute atomic E-state index is 5.70. The summed E-state index contributed by atoms with van der Waals surface area (Å²) in [7, 11) is 2.31. The van der Waals surface area contributed by atoms with Crippen molar-refractivity contribution in [1.82, 2.24) is 0 Å². The maximum Gasteiger partial charge on any atom is 0.107 e. The molecule has 2 atom stereocenters. The Morgan fingerprint density at radius 3 is 1.24 bits per heavy atom. The van der Waals surface area contributed by atoms with Crippen molar-refractivity contribution in [2.24, 2.45) is 0 Å². The van der Waals surface area contributed by atoms with Gasteiger partial charge in [-0.2, -0.15) is 0 Å². The van der Waals surface area contributed by atoms with Gasteiger partial charge in [0.1, 0.15) is 9.67 Å². The van der Waals surface area contributed by atoms with Crippen LogP contribution in [0.3, 0.4) is 0 Å². The van der Waals surface area contributed by atoms with Crippen molar-refractivity contribution in [3.05, 3.63) is 0 Å². The smallest absolute Gasteiger partial charge is 0.107 e. The molecule has 0 aliphatic carbocycles. The topological polar surface area (TPSA) is 0 Å². The highest BCUT2D eigenvalue weighted by atomic mass is 35.5. The van der Waals surface area contributed by atoms with Crippen LogP contribution in [0.25, 0.3) is 0 Å². The van der Waals surface area contributed by atoms with Gasteiger partial charge in [-0.1, -0.05) is 25.7 Å². The molecular formula is C15H30Cl4P2. The summed E-state index contributed by atoms with van der Waals surface area (Å²) in [6, 6.07) is 0. The minimum Gasteiger partial charge on any atom is -0.122 e. The Hall–Kier alpha value is 2.02. The van der Waals surface area contributed by atoms with E-state index in [-0.39, 0.29) is 9.67 Å². The average Bonchev–Trinajstić information content (AvgIpc) is 2.42. The monoisotopic (exact) mass is 412 g/mol. The molecule has 0 aliphatic rings. The first kappa shape index (κ1) is 23.0. The second-order valence-electron chi connectivity index (χ2n) is 5.33. The molecule has 0 saturated heterocycles. The fourth-order valence-electron chi connectivity index (χ4n) is 2.04. The molecule has 0 rings (SSSR count). The molecule has 0 nitrogen and oxygen atoms in total. The zero-order valence-electron chi connectivity index (χ0n) is 12.9. The zero-order valence-corrected chi connectivity index (χ0v) is 17.9. The third-order valence-corrected chi connectivity index (χ3v) is 6.96. The van der Waals surface area contributed by atoms with E-state index in [9.17, 15) is 0 Å². The lowest BCUT2D eigenvalue weighted by Crippen LogP contribution is -1.89. The number of unbranched alkanes of at least 4 members (excludes halogenated alkanes) is 4. The van der Waals surface area contributed by atoms with Crippen LogP contribution in [0, 0.1) is 0 Å². The number of alkyl halides is 4. The molecule has 0 aromatic rings. The largest absolute Gasteiger partial charge is 0.122 e. The van der Waals surface area contributed by atoms with Crippen LogP contribution in [0.4, 0.5) is 0 Å². The summed E-state index contributed by atoms with van der Waals surface area (Å²) in [5, 5.41) is 0. The molecule has 0 radical (unpaired) electrons. The molecular weight excluding hydrogens is 384 g/mol. The summed E-state index contributed by atoms with van der Waals surface area (Å²) in [4.78, 5) is -0.334. The maximum atomic E-state index is 5.70. The predicted octanol–water partition coefficient (Wildman–Crippen LogP) is 7.46. The fourth-order valence-corrected chi connectivity index (χ4v) is 5.36. The molecule has 0 bridgehead atoms. The zero-order chi connectivity index (χ0) is 15.8. The van der Waals surface area contributed by atoms with Crippen molar-refractivity contribution in [2.75, 3.05) is 24.6 Å². The van der Waals surface area contributed by atoms with Crippen molar-refractivity contribution in [1.29, 1.82) is 0 Å². The number of hydrogen-bond acceptors (Lipinski definition) is 0. The Kier molecular flexibility index (Phi) is 20.1. The molecule has 2 unspecified atom stereocenters. The molecule has 0 aromatic heterocycles. The van der Waals surface area contributed by atoms with Crippen LogP contribution in [0.2, 0.25) is 0 Å². The Morgan fingerprint density at radius 1 is 0.476 bits per heavy atom. The first-order valence-electron chi connectivity index (χ1n) is 8.10. The van der Waals surface area contributed by atoms with Gasteiger partial charge in [-0.15, -0.1) is 63.6 Å². The summed E-state index contributed by atoms with van der Waals surface area (Å²) in [5.41, 5.74) is 0. The van der Waals surface area contributed by atoms with Gasteiger partial charge < -0.3 is 0 Å². The Balaban J connectivity index is 2.96. The number of halogens is 4. The van der Waals surface area contributed by atoms with Crippen molar-refractivity contribution >= 4 is 63.6 Å². The molecule has 21 heavy (non-hydrogen) atoms. The molecule has 0 heterocycles. The summed E-state index contributed by atoms with van der Waals surface area (Å²) < 4.78 is 0. The predicted molar refractivity (Wildman–Crippen MR) is 109 cm³/mol. The van der Waals surface area contributed by atoms with E-state index in [2.05, 4.69) is 0 Å². The second-order valence-corrected chi connectivity index (χ2v) is 10.9. The van der Waals surface area contributed by atoms with E-state index in [1.54, 1.807) is 0 Å². The molecule has 0 amide bonds. The summed E-state index contributed by atoms with van der Waals surface area (Å²) in [6.07, 6.45) is 16.6. The molecule has 0 spiro atoms. The molecule has 0 fully saturated rings. The highest BCUT2D eigenvalue weighted by Crippen LogP contribution is 2.21. The van der Waals surface area contributed by atoms with Crippen molar-refractivity contribution in [3.63, 3.8) is 0 Å². The van der Waals surface area contributed by atoms with Crippen LogP contribution >= 0.6 is 63.6 Å². The van der Waals surface area contributed by atoms with Gasteiger partial charge in [0.05, 0.1) is 0 Å². The van der Waals surface area contributed by atoms with Crippen LogP contribution in [0.5, 0.6) is 0 Å². The van der Waals surface area contributed by atoms with Gasteiger partial charge in [-0.3, -0.25) is 0 Å². The quantitative estimate of drug-likeness (QED) is 0.140. The highest BCUT2D eigenvalue weighted by molar-refractivity contribution is 7.39. The third-order valence-electron chi connectivity index (χ3n) is 3.26. The van der Waals surface area contributed by atoms with Crippen molar-refractivity contribution in [3.8, 4) is 0 Å². The van der Waals surface area contributed by atoms with Gasteiger partial charge in [0.15, 0.2) is 0 Å². The van der Waals surface area contributed by atoms with E-state index in [0.717, 1.165) is 30.0 Å². The number of rotatable bonds is 16. The molecule has 0 saturated carbocycles. The van der Waals surface area contributed by atoms with Crippen LogP contribution < -0.4 is 0 Å². The van der Waals surface area contributed by atoms with Crippen LogP contribution in [0.1, 0.15) is 57.8 Å². The standard InChI is InChI=1S/C15H30Cl4P2/c16-14(17)8-3-1-5-10-20-12-7-13-21-11-6-2-4-9-15(18)19/h14-15,20-21H,1-13H2. The van der Waals surface area contributed by atoms with Crippen molar-refractivity contribution in [2.45, 2.75) is 67.5 Å². The van der Waals surface area contributed by atoms with E-state index in [0.29, 0.717) is 0 Å². The fraction of sp³-hybridized carbons (Fsp3) is 1.00. The lowest BCUT2D eigenvalue weighted by molar-refractivity contribution is 0.695. The molecule has 0 aromatic carbocycles. The minimum absolute atomic E-state index is 0.167. The first-order valence-corrected chi connectivity index (χ1v) is 12.7. The summed E-state index contributed by atoms with van der Waals surface area (Å²) in [6.45, 7) is 0. The van der Waals surface area contributed by atoms with Crippen LogP contribution in [-0.2, 0) is 0 Å². The Bertz CT molecular complexity index is 184. The normalized spacial score (nSPS) is 12.9. The van der Waals surface area contributed by atoms with E-state index in [1.807, 2.05) is 0 Å². The van der Waals surface area contributed by atoms with Gasteiger partial charge in [0.25, 0.3) is 0 Å². The Labute approximate surface area is 155 Å². The second kappa shape index (κ2) is 18.4. The minimum atomic E-state index is -0.167. The van der Waals surface area contributed by atoms with E-state index in [4.69, 9.17) is 46.4 Å². The average molecular weight is 414 g/mol. The molecule has 128 valence electrons. The van der Waals surface area contributed by atoms with E-state index in [1.165, 1.54) is 69.6 Å². The van der Waals surface area contributed by atoms with E-state index >= 15 is 0 Å². The lowest BCUT2D eigenvalue weighted by Gasteiger charge is -2.04. The SMILES string of the molecule is ClC(Cl)CCCCCPCCCPCCCCCC(Cl)Cl. The first-order chi connectivity index (χ1) is 10.1. The van der Waals surface area contributed by atoms with Gasteiger partial charge >= 0.3 is 0 Å². The van der Waals surface area contributed by atoms with E-state index < -0.39 is 0 Å². The highest BCUT2D eigenvalue weighted by Gasteiger charge is 1.99. The van der Waals surface area contributed by atoms with Gasteiger partial charge in [0.2, 0.25) is 0 Å².